The number of hydrogen-bond acceptors (Lipinski definition) is 13. The predicted octanol–water partition coefficient (Wildman–Crippen LogP) is 11.9. The van der Waals surface area contributed by atoms with Crippen molar-refractivity contribution in [2.24, 2.45) is 127 Å². The molecule has 21 rings (SSSR count). The third-order valence-corrected chi connectivity index (χ3v) is 33.6. The number of esters is 2. The summed E-state index contributed by atoms with van der Waals surface area (Å²) in [5, 5.41) is 41.9. The molecule has 5 saturated heterocycles. The topological polar surface area (TPSA) is 181 Å². The Morgan fingerprint density at radius 1 is 0.830 bits per heavy atom. The average molecular weight is 1280 g/mol. The first-order valence-electron chi connectivity index (χ1n) is 38.3. The molecule has 13 heteroatoms. The fourth-order valence-electron chi connectivity index (χ4n) is 31.2. The monoisotopic (exact) mass is 1280 g/mol. The van der Waals surface area contributed by atoms with Gasteiger partial charge < -0.3 is 43.6 Å². The summed E-state index contributed by atoms with van der Waals surface area (Å²) in [6, 6.07) is 13.3. The fraction of sp³-hybridized carbons (Fsp3) is 0.741. The number of nitrogens with one attached hydrogen (secondary N) is 1. The molecule has 1 aromatic heterocycles. The Hall–Kier alpha value is -4.37. The maximum absolute atomic E-state index is 18.1. The largest absolute Gasteiger partial charge is 0.469 e. The number of hydrogen-bond donors (Lipinski definition) is 4. The van der Waals surface area contributed by atoms with Crippen LogP contribution in [-0.2, 0) is 46.2 Å². The van der Waals surface area contributed by atoms with Crippen molar-refractivity contribution in [3.8, 4) is 0 Å². The molecule has 29 unspecified atom stereocenters. The summed E-state index contributed by atoms with van der Waals surface area (Å²) in [5.41, 5.74) is -4.33. The van der Waals surface area contributed by atoms with Gasteiger partial charge >= 0.3 is 11.9 Å². The molecular weight excluding hydrogens is 1180 g/mol. The maximum atomic E-state index is 18.1. The first-order chi connectivity index (χ1) is 45.7. The summed E-state index contributed by atoms with van der Waals surface area (Å²) < 4.78 is 38.0. The summed E-state index contributed by atoms with van der Waals surface area (Å²) >= 11 is 0. The lowest BCUT2D eigenvalue weighted by Gasteiger charge is -2.73. The van der Waals surface area contributed by atoms with E-state index in [4.69, 9.17) is 23.4 Å². The number of cyclic esters (lactones) is 2. The number of aliphatic hydroxyl groups is 3. The second-order valence-corrected chi connectivity index (χ2v) is 36.2. The van der Waals surface area contributed by atoms with Crippen LogP contribution in [0.4, 0.5) is 0 Å². The Balaban J connectivity index is 0.773. The number of carbonyl (C=O) groups excluding carboxylic acids is 3. The van der Waals surface area contributed by atoms with Crippen molar-refractivity contribution in [1.29, 1.82) is 0 Å². The minimum absolute atomic E-state index is 0.0622. The van der Waals surface area contributed by atoms with E-state index in [1.165, 1.54) is 49.7 Å². The number of furan rings is 1. The number of rotatable bonds is 9. The van der Waals surface area contributed by atoms with E-state index in [9.17, 15) is 10.2 Å². The van der Waals surface area contributed by atoms with Gasteiger partial charge in [0.2, 0.25) is 0 Å². The minimum atomic E-state index is -1.51. The van der Waals surface area contributed by atoms with Gasteiger partial charge in [0.1, 0.15) is 35.8 Å². The molecule has 4 N–H and O–H groups in total. The van der Waals surface area contributed by atoms with Crippen molar-refractivity contribution < 1.29 is 53.1 Å². The highest BCUT2D eigenvalue weighted by molar-refractivity contribution is 5.94. The summed E-state index contributed by atoms with van der Waals surface area (Å²) in [5.74, 6) is 0.470. The smallest absolute Gasteiger partial charge is 0.339 e. The Bertz CT molecular complexity index is 3640. The molecule has 2 aromatic rings. The van der Waals surface area contributed by atoms with E-state index in [1.807, 2.05) is 6.07 Å². The Labute approximate surface area is 554 Å². The van der Waals surface area contributed by atoms with Crippen molar-refractivity contribution in [1.82, 2.24) is 10.2 Å². The number of benzene rings is 1. The third kappa shape index (κ3) is 6.82. The number of fused-ring (bicyclic) bond motifs is 5. The summed E-state index contributed by atoms with van der Waals surface area (Å²) in [6.45, 7) is 3.86. The van der Waals surface area contributed by atoms with E-state index < -0.39 is 86.6 Å². The van der Waals surface area contributed by atoms with E-state index in [0.717, 1.165) is 122 Å². The zero-order valence-electron chi connectivity index (χ0n) is 55.3. The van der Waals surface area contributed by atoms with Crippen LogP contribution < -0.4 is 5.32 Å². The van der Waals surface area contributed by atoms with E-state index in [1.54, 1.807) is 6.26 Å². The summed E-state index contributed by atoms with van der Waals surface area (Å²) in [4.78, 5) is 53.0. The Morgan fingerprint density at radius 3 is 2.57 bits per heavy atom. The molecule has 10 saturated carbocycles. The number of ether oxygens (including phenoxy) is 4. The van der Waals surface area contributed by atoms with E-state index in [2.05, 4.69) is 90.1 Å². The van der Waals surface area contributed by atoms with Crippen LogP contribution in [0.2, 0.25) is 0 Å². The van der Waals surface area contributed by atoms with Crippen molar-refractivity contribution in [2.75, 3.05) is 26.4 Å². The number of aliphatic hydroxyl groups excluding tert-OH is 3. The van der Waals surface area contributed by atoms with Gasteiger partial charge in [-0.15, -0.1) is 0 Å². The molecule has 500 valence electrons. The molecule has 1 aromatic carbocycles. The van der Waals surface area contributed by atoms with Gasteiger partial charge in [0, 0.05) is 46.7 Å². The molecule has 94 heavy (non-hydrogen) atoms. The SMILES string of the molecule is CC12CC3CC45CC6(CCCC6)CC4CC4=CC6C7(CCC8C=CCC9C%10CCCCC%10C=CC896)OC46C5C(=O)OCC64C7C(=O)C(O)C(C5CCCC(Cc6ccccc6)C5)(C34)C13OC3C(=O)OC2c1ccoc1CC(C(O)CO)C1CCC2C(C=CN3CNCC23)C1. The van der Waals surface area contributed by atoms with Crippen LogP contribution in [0.15, 0.2) is 95.3 Å². The van der Waals surface area contributed by atoms with Gasteiger partial charge in [0.15, 0.2) is 11.9 Å². The minimum Gasteiger partial charge on any atom is -0.469 e. The van der Waals surface area contributed by atoms with Crippen LogP contribution in [0.5, 0.6) is 0 Å². The molecule has 19 aliphatic rings. The molecule has 15 fully saturated rings. The molecule has 0 amide bonds. The zero-order chi connectivity index (χ0) is 62.9. The Kier molecular flexibility index (Phi) is 12.3. The molecule has 29 atom stereocenters. The molecule has 12 aliphatic carbocycles. The van der Waals surface area contributed by atoms with Crippen molar-refractivity contribution in [3.05, 3.63) is 108 Å². The zero-order valence-corrected chi connectivity index (χ0v) is 55.3. The van der Waals surface area contributed by atoms with Gasteiger partial charge in [-0.3, -0.25) is 14.9 Å². The molecule has 0 radical (unpaired) electrons. The van der Waals surface area contributed by atoms with Crippen LogP contribution in [0.3, 0.4) is 0 Å². The van der Waals surface area contributed by atoms with Gasteiger partial charge in [-0.25, -0.2) is 4.79 Å². The van der Waals surface area contributed by atoms with Gasteiger partial charge in [-0.05, 0) is 227 Å². The highest BCUT2D eigenvalue weighted by Crippen LogP contribution is 2.92. The van der Waals surface area contributed by atoms with Crippen LogP contribution in [0, 0.1) is 127 Å². The molecule has 7 aliphatic heterocycles. The van der Waals surface area contributed by atoms with Crippen molar-refractivity contribution >= 4 is 17.7 Å². The average Bonchev–Trinajstić information content (AvgIpc) is 1.41. The normalized spacial score (nSPS) is 53.0. The lowest BCUT2D eigenvalue weighted by Crippen LogP contribution is -2.82. The summed E-state index contributed by atoms with van der Waals surface area (Å²) in [7, 11) is 0. The first kappa shape index (κ1) is 58.6. The lowest BCUT2D eigenvalue weighted by atomic mass is 9.29. The van der Waals surface area contributed by atoms with Crippen molar-refractivity contribution in [3.63, 3.8) is 0 Å². The van der Waals surface area contributed by atoms with Crippen LogP contribution >= 0.6 is 0 Å². The quantitative estimate of drug-likeness (QED) is 0.106. The Morgan fingerprint density at radius 2 is 1.70 bits per heavy atom. The lowest BCUT2D eigenvalue weighted by molar-refractivity contribution is -0.301. The van der Waals surface area contributed by atoms with Crippen LogP contribution in [0.25, 0.3) is 0 Å². The maximum Gasteiger partial charge on any atom is 0.339 e. The highest BCUT2D eigenvalue weighted by atomic mass is 16.7. The number of nitrogens with zero attached hydrogens (tertiary/aromatic N) is 1. The van der Waals surface area contributed by atoms with Crippen LogP contribution in [-0.4, -0.2) is 106 Å². The number of Topliss-reactive ketones (excluding diaryl/α,β-unsaturated/α-hetero) is 1. The molecule has 7 spiro atoms. The first-order valence-corrected chi connectivity index (χ1v) is 38.3. The molecule has 5 bridgehead atoms. The fourth-order valence-corrected chi connectivity index (χ4v) is 31.2. The summed E-state index contributed by atoms with van der Waals surface area (Å²) in [6.07, 6.45) is 39.1. The molecule has 8 heterocycles. The van der Waals surface area contributed by atoms with Gasteiger partial charge in [0.25, 0.3) is 0 Å². The van der Waals surface area contributed by atoms with Gasteiger partial charge in [-0.2, -0.15) is 0 Å². The predicted molar refractivity (Wildman–Crippen MR) is 347 cm³/mol. The number of epoxide rings is 1. The second kappa shape index (κ2) is 19.8. The third-order valence-electron chi connectivity index (χ3n) is 33.6. The number of ketones is 1. The molecular formula is C81H100N2O11. The van der Waals surface area contributed by atoms with E-state index in [0.29, 0.717) is 60.7 Å². The highest BCUT2D eigenvalue weighted by Gasteiger charge is 2.99. The van der Waals surface area contributed by atoms with E-state index in [-0.39, 0.29) is 83.1 Å². The second-order valence-electron chi connectivity index (χ2n) is 36.2. The molecule has 13 nitrogen and oxygen atoms in total. The number of allylic oxidation sites excluding steroid dienone is 5. The number of carbonyl (C=O) groups is 3. The van der Waals surface area contributed by atoms with Gasteiger partial charge in [-0.1, -0.05) is 112 Å². The van der Waals surface area contributed by atoms with Crippen LogP contribution in [0.1, 0.15) is 178 Å². The standard InChI is InChI=1S/C81H100N2O11/c1-73-37-50-38-75-42-74(25-7-8-26-74)39-54(75)34-53-35-63-76-27-21-47-14-5-6-17-55(47)59(76)18-10-15-51(76)22-28-78(63)66-64(86)68(87)79(52-16-9-13-46(32-52)31-45-11-3-2-4-12-45,65(50)77(66)43-91-71(88)67(75)80(53,77)94-78)81(73)70(93-81)72(89)92-69(73)57-24-30-90-62(57)36-58(61(85)41-84)48-19-20-56-49(33-48)23-29-83-44-82-40-60(56)83/h2-4,10-12,15,21,23-24,27,29-30,35,46-52,54-56,58-61,63,65-70,82,84-85,87H,5-9,13-14,16-20,22,25-26,28,31-34,36-44H2,1H3. The van der Waals surface area contributed by atoms with Crippen molar-refractivity contribution in [2.45, 2.75) is 215 Å². The van der Waals surface area contributed by atoms with Gasteiger partial charge in [0.05, 0.1) is 48.5 Å². The van der Waals surface area contributed by atoms with E-state index >= 15 is 19.5 Å².